The zero-order valence-electron chi connectivity index (χ0n) is 9.82. The summed E-state index contributed by atoms with van der Waals surface area (Å²) in [5.74, 6) is 3.47. The van der Waals surface area contributed by atoms with E-state index in [1.807, 2.05) is 19.1 Å². The van der Waals surface area contributed by atoms with E-state index in [-0.39, 0.29) is 5.97 Å². The molecule has 1 heterocycles. The third kappa shape index (κ3) is 4.75. The zero-order valence-corrected chi connectivity index (χ0v) is 10.6. The van der Waals surface area contributed by atoms with Crippen LogP contribution in [0, 0.1) is 0 Å². The van der Waals surface area contributed by atoms with E-state index in [1.165, 1.54) is 0 Å². The molecule has 16 heavy (non-hydrogen) atoms. The van der Waals surface area contributed by atoms with Crippen molar-refractivity contribution in [3.05, 3.63) is 23.7 Å². The fourth-order valence-corrected chi connectivity index (χ4v) is 2.06. The number of carbonyl (C=O) groups is 1. The van der Waals surface area contributed by atoms with Gasteiger partial charge in [0.1, 0.15) is 11.5 Å². The number of furan rings is 1. The van der Waals surface area contributed by atoms with E-state index in [0.29, 0.717) is 13.0 Å². The first-order valence-corrected chi connectivity index (χ1v) is 6.72. The third-order valence-corrected chi connectivity index (χ3v) is 3.05. The molecule has 0 saturated carbocycles. The minimum Gasteiger partial charge on any atom is -0.466 e. The Morgan fingerprint density at radius 3 is 2.75 bits per heavy atom. The van der Waals surface area contributed by atoms with Crippen molar-refractivity contribution >= 4 is 17.7 Å². The summed E-state index contributed by atoms with van der Waals surface area (Å²) >= 11 is 1.69. The van der Waals surface area contributed by atoms with Crippen molar-refractivity contribution in [2.24, 2.45) is 0 Å². The van der Waals surface area contributed by atoms with Crippen LogP contribution >= 0.6 is 11.8 Å². The van der Waals surface area contributed by atoms with E-state index < -0.39 is 0 Å². The van der Waals surface area contributed by atoms with Crippen LogP contribution in [0.2, 0.25) is 0 Å². The summed E-state index contributed by atoms with van der Waals surface area (Å²) in [6.07, 6.45) is 1.40. The lowest BCUT2D eigenvalue weighted by molar-refractivity contribution is -0.142. The molecule has 0 aliphatic carbocycles. The smallest absolute Gasteiger partial charge is 0.306 e. The molecule has 1 aromatic rings. The summed E-state index contributed by atoms with van der Waals surface area (Å²) in [5, 5.41) is 0. The second kappa shape index (κ2) is 7.39. The molecule has 3 nitrogen and oxygen atoms in total. The SMILES string of the molecule is CCOC(=O)CCSCc1ccc(CC)o1. The van der Waals surface area contributed by atoms with Crippen LogP contribution in [-0.4, -0.2) is 18.3 Å². The average Bonchev–Trinajstić information content (AvgIpc) is 2.73. The minimum absolute atomic E-state index is 0.122. The standard InChI is InChI=1S/C12H18O3S/c1-3-10-5-6-11(15-10)9-16-8-7-12(13)14-4-2/h5-6H,3-4,7-9H2,1-2H3. The first-order chi connectivity index (χ1) is 7.76. The third-order valence-electron chi connectivity index (χ3n) is 2.07. The molecule has 0 spiro atoms. The van der Waals surface area contributed by atoms with Gasteiger partial charge in [-0.05, 0) is 19.1 Å². The molecule has 1 aromatic heterocycles. The number of carbonyl (C=O) groups excluding carboxylic acids is 1. The molecule has 0 aliphatic heterocycles. The largest absolute Gasteiger partial charge is 0.466 e. The second-order valence-electron chi connectivity index (χ2n) is 3.33. The number of hydrogen-bond donors (Lipinski definition) is 0. The molecule has 0 amide bonds. The summed E-state index contributed by atoms with van der Waals surface area (Å²) in [4.78, 5) is 11.0. The topological polar surface area (TPSA) is 39.4 Å². The van der Waals surface area contributed by atoms with Crippen LogP contribution in [0.15, 0.2) is 16.5 Å². The van der Waals surface area contributed by atoms with Crippen molar-refractivity contribution in [2.45, 2.75) is 32.4 Å². The molecule has 0 N–H and O–H groups in total. The van der Waals surface area contributed by atoms with Crippen LogP contribution < -0.4 is 0 Å². The molecule has 0 radical (unpaired) electrons. The van der Waals surface area contributed by atoms with Crippen molar-refractivity contribution in [3.8, 4) is 0 Å². The van der Waals surface area contributed by atoms with Gasteiger partial charge < -0.3 is 9.15 Å². The first kappa shape index (κ1) is 13.2. The van der Waals surface area contributed by atoms with Gasteiger partial charge in [0, 0.05) is 12.2 Å². The summed E-state index contributed by atoms with van der Waals surface area (Å²) in [6.45, 7) is 4.35. The van der Waals surface area contributed by atoms with Gasteiger partial charge in [-0.25, -0.2) is 0 Å². The molecule has 4 heteroatoms. The highest BCUT2D eigenvalue weighted by atomic mass is 32.2. The van der Waals surface area contributed by atoms with Crippen LogP contribution in [0.4, 0.5) is 0 Å². The lowest BCUT2D eigenvalue weighted by atomic mass is 10.4. The fourth-order valence-electron chi connectivity index (χ4n) is 1.25. The monoisotopic (exact) mass is 242 g/mol. The molecule has 90 valence electrons. The molecular formula is C12H18O3S. The van der Waals surface area contributed by atoms with Crippen molar-refractivity contribution in [1.29, 1.82) is 0 Å². The maximum Gasteiger partial charge on any atom is 0.306 e. The molecule has 0 saturated heterocycles. The van der Waals surface area contributed by atoms with Gasteiger partial charge in [0.15, 0.2) is 0 Å². The Morgan fingerprint density at radius 1 is 1.38 bits per heavy atom. The van der Waals surface area contributed by atoms with Crippen LogP contribution in [0.25, 0.3) is 0 Å². The highest BCUT2D eigenvalue weighted by molar-refractivity contribution is 7.98. The zero-order chi connectivity index (χ0) is 11.8. The number of esters is 1. The highest BCUT2D eigenvalue weighted by Gasteiger charge is 2.03. The van der Waals surface area contributed by atoms with E-state index in [0.717, 1.165) is 29.4 Å². The average molecular weight is 242 g/mol. The predicted octanol–water partition coefficient (Wildman–Crippen LogP) is 3.03. The normalized spacial score (nSPS) is 10.4. The lowest BCUT2D eigenvalue weighted by Gasteiger charge is -2.00. The van der Waals surface area contributed by atoms with E-state index in [9.17, 15) is 4.79 Å². The van der Waals surface area contributed by atoms with Gasteiger partial charge in [0.05, 0.1) is 18.8 Å². The maximum absolute atomic E-state index is 11.0. The van der Waals surface area contributed by atoms with Gasteiger partial charge in [-0.2, -0.15) is 11.8 Å². The Morgan fingerprint density at radius 2 is 2.12 bits per heavy atom. The van der Waals surface area contributed by atoms with Gasteiger partial charge in [-0.1, -0.05) is 6.92 Å². The Kier molecular flexibility index (Phi) is 6.08. The van der Waals surface area contributed by atoms with E-state index in [1.54, 1.807) is 11.8 Å². The second-order valence-corrected chi connectivity index (χ2v) is 4.43. The van der Waals surface area contributed by atoms with E-state index >= 15 is 0 Å². The fraction of sp³-hybridized carbons (Fsp3) is 0.583. The Labute approximate surface area is 101 Å². The number of aryl methyl sites for hydroxylation is 1. The Balaban J connectivity index is 2.13. The molecule has 1 rings (SSSR count). The molecule has 0 aromatic carbocycles. The van der Waals surface area contributed by atoms with Gasteiger partial charge in [0.2, 0.25) is 0 Å². The number of ether oxygens (including phenoxy) is 1. The molecule has 0 unspecified atom stereocenters. The van der Waals surface area contributed by atoms with Gasteiger partial charge in [-0.15, -0.1) is 0 Å². The molecule has 0 bridgehead atoms. The van der Waals surface area contributed by atoms with Gasteiger partial charge in [0.25, 0.3) is 0 Å². The maximum atomic E-state index is 11.0. The van der Waals surface area contributed by atoms with Crippen molar-refractivity contribution in [1.82, 2.24) is 0 Å². The summed E-state index contributed by atoms with van der Waals surface area (Å²) in [7, 11) is 0. The predicted molar refractivity (Wildman–Crippen MR) is 65.5 cm³/mol. The van der Waals surface area contributed by atoms with Crippen molar-refractivity contribution in [2.75, 3.05) is 12.4 Å². The quantitative estimate of drug-likeness (QED) is 0.544. The molecule has 0 fully saturated rings. The number of thioether (sulfide) groups is 1. The molecular weight excluding hydrogens is 224 g/mol. The number of rotatable bonds is 7. The van der Waals surface area contributed by atoms with E-state index in [2.05, 4.69) is 6.92 Å². The first-order valence-electron chi connectivity index (χ1n) is 5.57. The summed E-state index contributed by atoms with van der Waals surface area (Å²) < 4.78 is 10.4. The van der Waals surface area contributed by atoms with Crippen molar-refractivity contribution < 1.29 is 13.9 Å². The Bertz CT molecular complexity index is 320. The molecule has 0 aliphatic rings. The van der Waals surface area contributed by atoms with Crippen LogP contribution in [0.3, 0.4) is 0 Å². The van der Waals surface area contributed by atoms with Crippen molar-refractivity contribution in [3.63, 3.8) is 0 Å². The van der Waals surface area contributed by atoms with Crippen LogP contribution in [0.1, 0.15) is 31.8 Å². The number of hydrogen-bond acceptors (Lipinski definition) is 4. The minimum atomic E-state index is -0.122. The van der Waals surface area contributed by atoms with Gasteiger partial charge in [-0.3, -0.25) is 4.79 Å². The summed E-state index contributed by atoms with van der Waals surface area (Å²) in [5.41, 5.74) is 0. The van der Waals surface area contributed by atoms with E-state index in [4.69, 9.17) is 9.15 Å². The summed E-state index contributed by atoms with van der Waals surface area (Å²) in [6, 6.07) is 4.00. The van der Waals surface area contributed by atoms with Crippen LogP contribution in [-0.2, 0) is 21.7 Å². The Hall–Kier alpha value is -0.900. The molecule has 0 atom stereocenters. The van der Waals surface area contributed by atoms with Gasteiger partial charge >= 0.3 is 5.97 Å². The van der Waals surface area contributed by atoms with Crippen LogP contribution in [0.5, 0.6) is 0 Å². The lowest BCUT2D eigenvalue weighted by Crippen LogP contribution is -2.04. The highest BCUT2D eigenvalue weighted by Crippen LogP contribution is 2.16.